The highest BCUT2D eigenvalue weighted by Gasteiger charge is 2.14. The van der Waals surface area contributed by atoms with Crippen molar-refractivity contribution in [2.24, 2.45) is 0 Å². The molecular weight excluding hydrogens is 202 g/mol. The summed E-state index contributed by atoms with van der Waals surface area (Å²) in [6.45, 7) is 8.96. The van der Waals surface area contributed by atoms with Gasteiger partial charge in [-0.05, 0) is 27.2 Å². The Hall–Kier alpha value is -1.32. The Morgan fingerprint density at radius 1 is 1.56 bits per heavy atom. The summed E-state index contributed by atoms with van der Waals surface area (Å²) in [6.07, 6.45) is 3.31. The zero-order valence-electron chi connectivity index (χ0n) is 10.6. The van der Waals surface area contributed by atoms with Gasteiger partial charge in [0.15, 0.2) is 0 Å². The maximum Gasteiger partial charge on any atom is 0.220 e. The fraction of sp³-hybridized carbons (Fsp3) is 0.667. The van der Waals surface area contributed by atoms with Gasteiger partial charge in [0.1, 0.15) is 0 Å². The van der Waals surface area contributed by atoms with Crippen molar-refractivity contribution in [3.05, 3.63) is 17.5 Å². The molecule has 1 aromatic heterocycles. The van der Waals surface area contributed by atoms with E-state index in [0.717, 1.165) is 24.2 Å². The molecule has 0 aliphatic heterocycles. The smallest absolute Gasteiger partial charge is 0.220 e. The van der Waals surface area contributed by atoms with E-state index >= 15 is 0 Å². The Balaban J connectivity index is 2.69. The number of hydrogen-bond donors (Lipinski definition) is 1. The molecule has 0 aromatic carbocycles. The molecule has 0 aliphatic rings. The molecule has 0 saturated heterocycles. The van der Waals surface area contributed by atoms with Crippen molar-refractivity contribution in [2.75, 3.05) is 0 Å². The van der Waals surface area contributed by atoms with Crippen LogP contribution in [0.4, 0.5) is 0 Å². The maximum absolute atomic E-state index is 11.5. The van der Waals surface area contributed by atoms with E-state index in [9.17, 15) is 4.79 Å². The quantitative estimate of drug-likeness (QED) is 0.831. The lowest BCUT2D eigenvalue weighted by atomic mass is 10.1. The van der Waals surface area contributed by atoms with Crippen molar-refractivity contribution < 1.29 is 4.79 Å². The van der Waals surface area contributed by atoms with Crippen LogP contribution in [0.25, 0.3) is 0 Å². The summed E-state index contributed by atoms with van der Waals surface area (Å²) >= 11 is 0. The van der Waals surface area contributed by atoms with Gasteiger partial charge in [-0.25, -0.2) is 0 Å². The molecule has 1 atom stereocenters. The first-order valence-corrected chi connectivity index (χ1v) is 5.91. The number of aryl methyl sites for hydroxylation is 1. The average molecular weight is 223 g/mol. The van der Waals surface area contributed by atoms with Crippen molar-refractivity contribution in [1.82, 2.24) is 15.1 Å². The van der Waals surface area contributed by atoms with Crippen LogP contribution in [-0.2, 0) is 11.3 Å². The minimum absolute atomic E-state index is 0.0411. The van der Waals surface area contributed by atoms with Gasteiger partial charge in [-0.3, -0.25) is 9.48 Å². The van der Waals surface area contributed by atoms with Crippen LogP contribution in [0.15, 0.2) is 6.20 Å². The van der Waals surface area contributed by atoms with Crippen LogP contribution >= 0.6 is 0 Å². The lowest BCUT2D eigenvalue weighted by molar-refractivity contribution is -0.121. The highest BCUT2D eigenvalue weighted by molar-refractivity contribution is 5.76. The minimum atomic E-state index is 0.0411. The molecule has 0 radical (unpaired) electrons. The van der Waals surface area contributed by atoms with Crippen LogP contribution in [0.5, 0.6) is 0 Å². The normalized spacial score (nSPS) is 12.5. The number of nitrogens with zero attached hydrogens (tertiary/aromatic N) is 2. The van der Waals surface area contributed by atoms with Gasteiger partial charge in [0, 0.05) is 24.2 Å². The minimum Gasteiger partial charge on any atom is -0.349 e. The fourth-order valence-corrected chi connectivity index (χ4v) is 1.82. The topological polar surface area (TPSA) is 46.9 Å². The lowest BCUT2D eigenvalue weighted by Crippen LogP contribution is -2.26. The summed E-state index contributed by atoms with van der Waals surface area (Å²) < 4.78 is 1.94. The van der Waals surface area contributed by atoms with Crippen molar-refractivity contribution in [3.63, 3.8) is 0 Å². The van der Waals surface area contributed by atoms with Gasteiger partial charge in [0.25, 0.3) is 0 Å². The van der Waals surface area contributed by atoms with E-state index in [0.29, 0.717) is 6.42 Å². The largest absolute Gasteiger partial charge is 0.349 e. The van der Waals surface area contributed by atoms with Crippen molar-refractivity contribution >= 4 is 5.91 Å². The molecule has 90 valence electrons. The van der Waals surface area contributed by atoms with Crippen LogP contribution in [0, 0.1) is 6.92 Å². The molecule has 0 fully saturated rings. The number of rotatable bonds is 5. The van der Waals surface area contributed by atoms with E-state index < -0.39 is 0 Å². The van der Waals surface area contributed by atoms with Gasteiger partial charge in [-0.2, -0.15) is 5.10 Å². The highest BCUT2D eigenvalue weighted by Crippen LogP contribution is 2.16. The summed E-state index contributed by atoms with van der Waals surface area (Å²) in [4.78, 5) is 11.5. The van der Waals surface area contributed by atoms with Gasteiger partial charge < -0.3 is 5.32 Å². The summed E-state index contributed by atoms with van der Waals surface area (Å²) in [7, 11) is 0. The van der Waals surface area contributed by atoms with Crippen LogP contribution in [0.3, 0.4) is 0 Å². The molecule has 4 heteroatoms. The molecule has 1 amide bonds. The number of amides is 1. The third-order valence-corrected chi connectivity index (χ3v) is 2.76. The molecule has 4 nitrogen and oxygen atoms in total. The molecule has 0 spiro atoms. The van der Waals surface area contributed by atoms with Crippen LogP contribution in [-0.4, -0.2) is 15.7 Å². The van der Waals surface area contributed by atoms with E-state index in [-0.39, 0.29) is 11.9 Å². The molecular formula is C12H21N3O. The fourth-order valence-electron chi connectivity index (χ4n) is 1.82. The van der Waals surface area contributed by atoms with E-state index in [2.05, 4.69) is 17.3 Å². The van der Waals surface area contributed by atoms with Crippen molar-refractivity contribution in [1.29, 1.82) is 0 Å². The summed E-state index contributed by atoms with van der Waals surface area (Å²) in [5.74, 6) is 0.110. The summed E-state index contributed by atoms with van der Waals surface area (Å²) in [6, 6.07) is 0.0411. The average Bonchev–Trinajstić information content (AvgIpc) is 2.59. The Morgan fingerprint density at radius 3 is 2.75 bits per heavy atom. The second kappa shape index (κ2) is 5.68. The van der Waals surface area contributed by atoms with Gasteiger partial charge in [0.05, 0.1) is 12.2 Å². The van der Waals surface area contributed by atoms with Gasteiger partial charge in [0.2, 0.25) is 5.91 Å². The molecule has 1 unspecified atom stereocenters. The predicted octanol–water partition coefficient (Wildman–Crippen LogP) is 2.19. The van der Waals surface area contributed by atoms with Crippen molar-refractivity contribution in [2.45, 2.75) is 53.1 Å². The highest BCUT2D eigenvalue weighted by atomic mass is 16.1. The summed E-state index contributed by atoms with van der Waals surface area (Å²) in [5.41, 5.74) is 2.23. The SMILES string of the molecule is CCCC(=O)NC(C)c1cnn(CC)c1C. The standard InChI is InChI=1S/C12H21N3O/c1-5-7-12(16)14-9(3)11-8-13-15(6-2)10(11)4/h8-9H,5-7H2,1-4H3,(H,14,16). The Morgan fingerprint density at radius 2 is 2.25 bits per heavy atom. The predicted molar refractivity (Wildman–Crippen MR) is 64.1 cm³/mol. The number of hydrogen-bond acceptors (Lipinski definition) is 2. The first-order valence-electron chi connectivity index (χ1n) is 5.91. The Kier molecular flexibility index (Phi) is 4.52. The molecule has 1 heterocycles. The first-order chi connectivity index (χ1) is 7.60. The molecule has 0 aliphatic carbocycles. The Labute approximate surface area is 97.0 Å². The molecule has 1 rings (SSSR count). The van der Waals surface area contributed by atoms with E-state index in [1.807, 2.05) is 31.6 Å². The third kappa shape index (κ3) is 2.84. The number of nitrogens with one attached hydrogen (secondary N) is 1. The lowest BCUT2D eigenvalue weighted by Gasteiger charge is -2.13. The van der Waals surface area contributed by atoms with Crippen LogP contribution < -0.4 is 5.32 Å². The molecule has 1 N–H and O–H groups in total. The summed E-state index contributed by atoms with van der Waals surface area (Å²) in [5, 5.41) is 7.26. The second-order valence-electron chi connectivity index (χ2n) is 4.04. The van der Waals surface area contributed by atoms with Crippen molar-refractivity contribution in [3.8, 4) is 0 Å². The molecule has 0 saturated carbocycles. The monoisotopic (exact) mass is 223 g/mol. The zero-order chi connectivity index (χ0) is 12.1. The third-order valence-electron chi connectivity index (χ3n) is 2.76. The molecule has 0 bridgehead atoms. The number of carbonyl (C=O) groups is 1. The molecule has 16 heavy (non-hydrogen) atoms. The van der Waals surface area contributed by atoms with Gasteiger partial charge in [-0.15, -0.1) is 0 Å². The van der Waals surface area contributed by atoms with Gasteiger partial charge in [-0.1, -0.05) is 6.92 Å². The second-order valence-corrected chi connectivity index (χ2v) is 4.04. The molecule has 1 aromatic rings. The van der Waals surface area contributed by atoms with Gasteiger partial charge >= 0.3 is 0 Å². The zero-order valence-corrected chi connectivity index (χ0v) is 10.6. The van der Waals surface area contributed by atoms with E-state index in [1.165, 1.54) is 0 Å². The Bertz CT molecular complexity index is 357. The van der Waals surface area contributed by atoms with Crippen LogP contribution in [0.2, 0.25) is 0 Å². The number of aromatic nitrogens is 2. The van der Waals surface area contributed by atoms with E-state index in [1.54, 1.807) is 0 Å². The van der Waals surface area contributed by atoms with Crippen LogP contribution in [0.1, 0.15) is 50.9 Å². The first kappa shape index (κ1) is 12.7. The number of carbonyl (C=O) groups excluding carboxylic acids is 1. The maximum atomic E-state index is 11.5. The van der Waals surface area contributed by atoms with E-state index in [4.69, 9.17) is 0 Å².